The lowest BCUT2D eigenvalue weighted by atomic mass is 10.1. The molecule has 0 aliphatic heterocycles. The number of likely N-dealkylation sites (N-methyl/N-ethyl adjacent to an activating group) is 1. The van der Waals surface area contributed by atoms with Crippen LogP contribution in [0.25, 0.3) is 21.3 Å². The third-order valence-electron chi connectivity index (χ3n) is 5.04. The first-order valence-electron chi connectivity index (χ1n) is 9.48. The van der Waals surface area contributed by atoms with Crippen molar-refractivity contribution >= 4 is 43.6 Å². The third-order valence-corrected chi connectivity index (χ3v) is 6.08. The molecular formula is C22H23N5OS. The second-order valence-corrected chi connectivity index (χ2v) is 8.38. The molecular weight excluding hydrogens is 382 g/mol. The van der Waals surface area contributed by atoms with Gasteiger partial charge in [-0.3, -0.25) is 19.7 Å². The number of amides is 1. The predicted octanol–water partition coefficient (Wildman–Crippen LogP) is 4.06. The van der Waals surface area contributed by atoms with Crippen LogP contribution in [-0.2, 0) is 0 Å². The number of hydrogen-bond acceptors (Lipinski definition) is 6. The highest BCUT2D eigenvalue weighted by molar-refractivity contribution is 7.22. The molecule has 0 saturated heterocycles. The summed E-state index contributed by atoms with van der Waals surface area (Å²) in [5, 5.41) is 0.722. The summed E-state index contributed by atoms with van der Waals surface area (Å²) < 4.78 is 1.09. The fourth-order valence-electron chi connectivity index (χ4n) is 3.17. The quantitative estimate of drug-likeness (QED) is 0.501. The molecule has 2 aromatic carbocycles. The molecule has 29 heavy (non-hydrogen) atoms. The van der Waals surface area contributed by atoms with Crippen molar-refractivity contribution in [3.63, 3.8) is 0 Å². The van der Waals surface area contributed by atoms with Crippen LogP contribution in [0, 0.1) is 13.8 Å². The summed E-state index contributed by atoms with van der Waals surface area (Å²) >= 11 is 1.55. The zero-order valence-electron chi connectivity index (χ0n) is 17.0. The van der Waals surface area contributed by atoms with Gasteiger partial charge in [0, 0.05) is 31.0 Å². The first-order valence-corrected chi connectivity index (χ1v) is 10.3. The van der Waals surface area contributed by atoms with Gasteiger partial charge in [0.2, 0.25) is 0 Å². The van der Waals surface area contributed by atoms with E-state index in [4.69, 9.17) is 4.98 Å². The number of benzene rings is 2. The smallest absolute Gasteiger partial charge is 0.260 e. The summed E-state index contributed by atoms with van der Waals surface area (Å²) in [7, 11) is 4.00. The summed E-state index contributed by atoms with van der Waals surface area (Å²) in [4.78, 5) is 30.8. The van der Waals surface area contributed by atoms with Crippen molar-refractivity contribution in [3.05, 3.63) is 59.4 Å². The van der Waals surface area contributed by atoms with E-state index in [9.17, 15) is 4.79 Å². The number of anilines is 1. The van der Waals surface area contributed by atoms with Gasteiger partial charge in [0.25, 0.3) is 5.91 Å². The second-order valence-electron chi connectivity index (χ2n) is 7.37. The van der Waals surface area contributed by atoms with Crippen LogP contribution in [0.2, 0.25) is 0 Å². The van der Waals surface area contributed by atoms with Crippen molar-refractivity contribution < 1.29 is 4.79 Å². The zero-order chi connectivity index (χ0) is 20.5. The van der Waals surface area contributed by atoms with Crippen LogP contribution in [0.1, 0.15) is 21.5 Å². The van der Waals surface area contributed by atoms with Gasteiger partial charge in [0.05, 0.1) is 21.3 Å². The number of aromatic nitrogens is 3. The highest BCUT2D eigenvalue weighted by atomic mass is 32.1. The van der Waals surface area contributed by atoms with Crippen molar-refractivity contribution in [2.75, 3.05) is 32.1 Å². The molecule has 0 N–H and O–H groups in total. The van der Waals surface area contributed by atoms with E-state index in [1.807, 2.05) is 26.2 Å². The van der Waals surface area contributed by atoms with E-state index in [-0.39, 0.29) is 5.91 Å². The average molecular weight is 406 g/mol. The molecule has 0 unspecified atom stereocenters. The number of fused-ring (bicyclic) bond motifs is 2. The average Bonchev–Trinajstić information content (AvgIpc) is 3.15. The first kappa shape index (κ1) is 19.4. The molecule has 4 aromatic rings. The molecule has 6 nitrogen and oxygen atoms in total. The van der Waals surface area contributed by atoms with Gasteiger partial charge in [-0.1, -0.05) is 17.4 Å². The van der Waals surface area contributed by atoms with E-state index in [2.05, 4.69) is 40.8 Å². The molecule has 0 radical (unpaired) electrons. The van der Waals surface area contributed by atoms with Crippen LogP contribution < -0.4 is 4.90 Å². The summed E-state index contributed by atoms with van der Waals surface area (Å²) in [5.74, 6) is -0.0761. The van der Waals surface area contributed by atoms with E-state index >= 15 is 0 Å². The molecule has 148 valence electrons. The Kier molecular flexibility index (Phi) is 5.25. The number of thiazole rings is 1. The second kappa shape index (κ2) is 7.85. The molecule has 0 bridgehead atoms. The number of rotatable bonds is 5. The van der Waals surface area contributed by atoms with Crippen LogP contribution in [0.3, 0.4) is 0 Å². The fraction of sp³-hybridized carbons (Fsp3) is 0.273. The van der Waals surface area contributed by atoms with E-state index in [0.29, 0.717) is 17.6 Å². The SMILES string of the molecule is Cc1ccc2sc(N(CCN(C)C)C(=O)c3ccc4nccnc4c3)nc2c1C. The van der Waals surface area contributed by atoms with E-state index in [1.165, 1.54) is 5.56 Å². The Morgan fingerprint density at radius 3 is 2.52 bits per heavy atom. The molecule has 0 saturated carbocycles. The number of nitrogens with zero attached hydrogens (tertiary/aromatic N) is 5. The van der Waals surface area contributed by atoms with Gasteiger partial charge >= 0.3 is 0 Å². The topological polar surface area (TPSA) is 62.2 Å². The Labute approximate surface area is 173 Å². The van der Waals surface area contributed by atoms with Crippen molar-refractivity contribution in [2.45, 2.75) is 13.8 Å². The molecule has 7 heteroatoms. The largest absolute Gasteiger partial charge is 0.308 e. The van der Waals surface area contributed by atoms with Crippen molar-refractivity contribution in [3.8, 4) is 0 Å². The maximum Gasteiger partial charge on any atom is 0.260 e. The first-order chi connectivity index (χ1) is 13.9. The third kappa shape index (κ3) is 3.83. The highest BCUT2D eigenvalue weighted by Gasteiger charge is 2.22. The van der Waals surface area contributed by atoms with Gasteiger partial charge in [-0.25, -0.2) is 4.98 Å². The van der Waals surface area contributed by atoms with E-state index < -0.39 is 0 Å². The maximum absolute atomic E-state index is 13.5. The molecule has 0 fully saturated rings. The van der Waals surface area contributed by atoms with E-state index in [0.717, 1.165) is 33.0 Å². The zero-order valence-corrected chi connectivity index (χ0v) is 17.8. The van der Waals surface area contributed by atoms with Gasteiger partial charge < -0.3 is 4.90 Å². The van der Waals surface area contributed by atoms with Crippen molar-refractivity contribution in [2.24, 2.45) is 0 Å². The lowest BCUT2D eigenvalue weighted by Crippen LogP contribution is -2.36. The lowest BCUT2D eigenvalue weighted by Gasteiger charge is -2.22. The minimum Gasteiger partial charge on any atom is -0.308 e. The number of carbonyl (C=O) groups is 1. The number of aryl methyl sites for hydroxylation is 2. The Bertz CT molecular complexity index is 1200. The van der Waals surface area contributed by atoms with Crippen LogP contribution >= 0.6 is 11.3 Å². The summed E-state index contributed by atoms with van der Waals surface area (Å²) in [6, 6.07) is 9.64. The van der Waals surface area contributed by atoms with Crippen molar-refractivity contribution in [1.29, 1.82) is 0 Å². The predicted molar refractivity (Wildman–Crippen MR) is 119 cm³/mol. The van der Waals surface area contributed by atoms with Gasteiger partial charge in [0.1, 0.15) is 0 Å². The van der Waals surface area contributed by atoms with E-state index in [1.54, 1.807) is 34.7 Å². The lowest BCUT2D eigenvalue weighted by molar-refractivity contribution is 0.0985. The Balaban J connectivity index is 1.76. The van der Waals surface area contributed by atoms with Crippen LogP contribution in [-0.4, -0.2) is 52.9 Å². The Morgan fingerprint density at radius 2 is 1.76 bits per heavy atom. The summed E-state index contributed by atoms with van der Waals surface area (Å²) in [5.41, 5.74) is 5.40. The monoisotopic (exact) mass is 405 g/mol. The maximum atomic E-state index is 13.5. The van der Waals surface area contributed by atoms with Crippen LogP contribution in [0.4, 0.5) is 5.13 Å². The molecule has 4 rings (SSSR count). The van der Waals surface area contributed by atoms with Crippen molar-refractivity contribution in [1.82, 2.24) is 19.9 Å². The molecule has 2 heterocycles. The Hall–Kier alpha value is -2.90. The normalized spacial score (nSPS) is 11.5. The number of hydrogen-bond donors (Lipinski definition) is 0. The highest BCUT2D eigenvalue weighted by Crippen LogP contribution is 2.32. The van der Waals surface area contributed by atoms with Gasteiger partial charge in [-0.05, 0) is 63.3 Å². The minimum atomic E-state index is -0.0761. The van der Waals surface area contributed by atoms with Gasteiger partial charge in [-0.2, -0.15) is 0 Å². The molecule has 0 aliphatic carbocycles. The summed E-state index contributed by atoms with van der Waals surface area (Å²) in [6.45, 7) is 5.46. The van der Waals surface area contributed by atoms with Gasteiger partial charge in [0.15, 0.2) is 5.13 Å². The fourth-order valence-corrected chi connectivity index (χ4v) is 4.22. The summed E-state index contributed by atoms with van der Waals surface area (Å²) in [6.07, 6.45) is 3.29. The number of carbonyl (C=O) groups excluding carboxylic acids is 1. The molecule has 0 spiro atoms. The molecule has 1 amide bonds. The molecule has 2 aromatic heterocycles. The molecule has 0 atom stereocenters. The molecule has 0 aliphatic rings. The van der Waals surface area contributed by atoms with Gasteiger partial charge in [-0.15, -0.1) is 0 Å². The van der Waals surface area contributed by atoms with Crippen LogP contribution in [0.5, 0.6) is 0 Å². The Morgan fingerprint density at radius 1 is 1.00 bits per heavy atom. The minimum absolute atomic E-state index is 0.0761. The van der Waals surface area contributed by atoms with Crippen LogP contribution in [0.15, 0.2) is 42.7 Å². The standard InChI is InChI=1S/C22H23N5OS/c1-14-5-8-19-20(15(14)2)25-22(29-19)27(12-11-26(3)4)21(28)16-6-7-17-18(13-16)24-10-9-23-17/h5-10,13H,11-12H2,1-4H3.